The Labute approximate surface area is 190 Å². The third-order valence-corrected chi connectivity index (χ3v) is 5.58. The number of nitrogens with zero attached hydrogens (tertiary/aromatic N) is 2. The number of piperazine rings is 1. The van der Waals surface area contributed by atoms with Crippen LogP contribution in [-0.4, -0.2) is 83.9 Å². The van der Waals surface area contributed by atoms with Crippen LogP contribution in [0.1, 0.15) is 5.56 Å². The molecule has 1 atom stereocenters. The zero-order chi connectivity index (χ0) is 22.9. The Balaban J connectivity index is 1.42. The first-order valence-electron chi connectivity index (χ1n) is 10.7. The minimum Gasteiger partial charge on any atom is -0.497 e. The fraction of sp³-hybridized carbons (Fsp3) is 0.500. The molecule has 2 aromatic rings. The SMILES string of the molecule is COc1ccc(N2CCN(CC(O)COCc3cc(OC)c(OC)c(OC)c3)CC2)cc1. The van der Waals surface area contributed by atoms with Crippen molar-refractivity contribution in [1.29, 1.82) is 0 Å². The Morgan fingerprint density at radius 2 is 1.47 bits per heavy atom. The number of benzene rings is 2. The summed E-state index contributed by atoms with van der Waals surface area (Å²) >= 11 is 0. The molecule has 1 unspecified atom stereocenters. The summed E-state index contributed by atoms with van der Waals surface area (Å²) in [6, 6.07) is 11.8. The number of hydrogen-bond donors (Lipinski definition) is 1. The van der Waals surface area contributed by atoms with Crippen LogP contribution in [0.5, 0.6) is 23.0 Å². The Morgan fingerprint density at radius 3 is 2.00 bits per heavy atom. The Kier molecular flexibility index (Phi) is 8.84. The van der Waals surface area contributed by atoms with Crippen molar-refractivity contribution in [2.24, 2.45) is 0 Å². The van der Waals surface area contributed by atoms with E-state index in [9.17, 15) is 5.11 Å². The summed E-state index contributed by atoms with van der Waals surface area (Å²) in [5.41, 5.74) is 2.08. The van der Waals surface area contributed by atoms with Crippen LogP contribution in [0.4, 0.5) is 5.69 Å². The number of methoxy groups -OCH3 is 4. The second-order valence-electron chi connectivity index (χ2n) is 7.69. The van der Waals surface area contributed by atoms with Gasteiger partial charge in [-0.3, -0.25) is 4.90 Å². The van der Waals surface area contributed by atoms with Crippen molar-refractivity contribution in [3.8, 4) is 23.0 Å². The van der Waals surface area contributed by atoms with Gasteiger partial charge in [0.2, 0.25) is 5.75 Å². The predicted molar refractivity (Wildman–Crippen MR) is 123 cm³/mol. The summed E-state index contributed by atoms with van der Waals surface area (Å²) in [6.07, 6.45) is -0.551. The zero-order valence-corrected chi connectivity index (χ0v) is 19.4. The smallest absolute Gasteiger partial charge is 0.203 e. The van der Waals surface area contributed by atoms with E-state index in [4.69, 9.17) is 23.7 Å². The summed E-state index contributed by atoms with van der Waals surface area (Å²) in [5.74, 6) is 2.58. The third kappa shape index (κ3) is 6.18. The lowest BCUT2D eigenvalue weighted by molar-refractivity contribution is 0.00905. The molecule has 1 N–H and O–H groups in total. The molecule has 32 heavy (non-hydrogen) atoms. The van der Waals surface area contributed by atoms with Gasteiger partial charge in [0.25, 0.3) is 0 Å². The molecule has 8 heteroatoms. The van der Waals surface area contributed by atoms with E-state index in [2.05, 4.69) is 21.9 Å². The van der Waals surface area contributed by atoms with E-state index >= 15 is 0 Å². The molecule has 0 aromatic heterocycles. The van der Waals surface area contributed by atoms with Crippen LogP contribution in [0.2, 0.25) is 0 Å². The molecule has 176 valence electrons. The van der Waals surface area contributed by atoms with Gasteiger partial charge in [-0.25, -0.2) is 0 Å². The minimum absolute atomic E-state index is 0.259. The lowest BCUT2D eigenvalue weighted by Crippen LogP contribution is -2.49. The molecule has 0 aliphatic carbocycles. The first kappa shape index (κ1) is 24.0. The van der Waals surface area contributed by atoms with Gasteiger partial charge >= 0.3 is 0 Å². The molecular weight excluding hydrogens is 412 g/mol. The number of aliphatic hydroxyl groups is 1. The van der Waals surface area contributed by atoms with Crippen molar-refractivity contribution >= 4 is 5.69 Å². The molecule has 8 nitrogen and oxygen atoms in total. The van der Waals surface area contributed by atoms with E-state index in [1.165, 1.54) is 5.69 Å². The second-order valence-corrected chi connectivity index (χ2v) is 7.69. The van der Waals surface area contributed by atoms with E-state index in [1.54, 1.807) is 28.4 Å². The average molecular weight is 447 g/mol. The van der Waals surface area contributed by atoms with E-state index in [1.807, 2.05) is 24.3 Å². The molecular formula is C24H34N2O6. The molecule has 1 aliphatic heterocycles. The Morgan fingerprint density at radius 1 is 0.844 bits per heavy atom. The summed E-state index contributed by atoms with van der Waals surface area (Å²) in [7, 11) is 6.41. The van der Waals surface area contributed by atoms with Gasteiger partial charge in [0, 0.05) is 38.4 Å². The number of β-amino-alcohol motifs (C(OH)–C–C–N with tert-alkyl or cyclic N) is 1. The quantitative estimate of drug-likeness (QED) is 0.564. The van der Waals surface area contributed by atoms with Crippen molar-refractivity contribution < 1.29 is 28.8 Å². The van der Waals surface area contributed by atoms with Gasteiger partial charge < -0.3 is 33.7 Å². The number of rotatable bonds is 11. The maximum Gasteiger partial charge on any atom is 0.203 e. The van der Waals surface area contributed by atoms with Gasteiger partial charge in [0.1, 0.15) is 5.75 Å². The van der Waals surface area contributed by atoms with Gasteiger partial charge in [-0.05, 0) is 42.0 Å². The summed E-state index contributed by atoms with van der Waals surface area (Å²) in [4.78, 5) is 4.62. The maximum absolute atomic E-state index is 10.4. The van der Waals surface area contributed by atoms with Crippen LogP contribution in [0, 0.1) is 0 Å². The number of aliphatic hydroxyl groups excluding tert-OH is 1. The summed E-state index contributed by atoms with van der Waals surface area (Å²) < 4.78 is 27.1. The van der Waals surface area contributed by atoms with Crippen LogP contribution in [0.15, 0.2) is 36.4 Å². The van der Waals surface area contributed by atoms with Gasteiger partial charge in [-0.1, -0.05) is 0 Å². The van der Waals surface area contributed by atoms with Crippen LogP contribution < -0.4 is 23.8 Å². The molecule has 1 heterocycles. The minimum atomic E-state index is -0.551. The number of ether oxygens (including phenoxy) is 5. The summed E-state index contributed by atoms with van der Waals surface area (Å²) in [5, 5.41) is 10.4. The van der Waals surface area contributed by atoms with Gasteiger partial charge in [0.15, 0.2) is 11.5 Å². The van der Waals surface area contributed by atoms with Crippen LogP contribution in [0.3, 0.4) is 0 Å². The fourth-order valence-electron chi connectivity index (χ4n) is 3.86. The van der Waals surface area contributed by atoms with Gasteiger partial charge in [-0.15, -0.1) is 0 Å². The molecule has 0 bridgehead atoms. The first-order chi connectivity index (χ1) is 15.6. The lowest BCUT2D eigenvalue weighted by Gasteiger charge is -2.36. The highest BCUT2D eigenvalue weighted by Crippen LogP contribution is 2.38. The van der Waals surface area contributed by atoms with Crippen molar-refractivity contribution in [2.45, 2.75) is 12.7 Å². The van der Waals surface area contributed by atoms with Crippen molar-refractivity contribution in [3.63, 3.8) is 0 Å². The monoisotopic (exact) mass is 446 g/mol. The normalized spacial score (nSPS) is 15.3. The second kappa shape index (κ2) is 11.8. The number of hydrogen-bond acceptors (Lipinski definition) is 8. The average Bonchev–Trinajstić information content (AvgIpc) is 2.83. The van der Waals surface area contributed by atoms with E-state index in [-0.39, 0.29) is 6.61 Å². The van der Waals surface area contributed by atoms with E-state index in [0.717, 1.165) is 37.5 Å². The Bertz CT molecular complexity index is 812. The van der Waals surface area contributed by atoms with Crippen LogP contribution in [-0.2, 0) is 11.3 Å². The maximum atomic E-state index is 10.4. The summed E-state index contributed by atoms with van der Waals surface area (Å²) in [6.45, 7) is 4.84. The van der Waals surface area contributed by atoms with Crippen LogP contribution >= 0.6 is 0 Å². The Hall–Kier alpha value is -2.68. The molecule has 2 aromatic carbocycles. The van der Waals surface area contributed by atoms with Gasteiger partial charge in [0.05, 0.1) is 47.8 Å². The standard InChI is InChI=1S/C24H34N2O6/c1-28-21-7-5-19(6-8-21)26-11-9-25(10-12-26)15-20(27)17-32-16-18-13-22(29-2)24(31-4)23(14-18)30-3/h5-8,13-14,20,27H,9-12,15-17H2,1-4H3. The molecule has 1 saturated heterocycles. The molecule has 0 saturated carbocycles. The molecule has 0 radical (unpaired) electrons. The molecule has 0 spiro atoms. The topological polar surface area (TPSA) is 72.9 Å². The third-order valence-electron chi connectivity index (χ3n) is 5.58. The molecule has 0 amide bonds. The van der Waals surface area contributed by atoms with Crippen molar-refractivity contribution in [2.75, 3.05) is 72.7 Å². The highest BCUT2D eigenvalue weighted by Gasteiger charge is 2.20. The lowest BCUT2D eigenvalue weighted by atomic mass is 10.2. The van der Waals surface area contributed by atoms with E-state index in [0.29, 0.717) is 30.4 Å². The zero-order valence-electron chi connectivity index (χ0n) is 19.4. The first-order valence-corrected chi connectivity index (χ1v) is 10.7. The highest BCUT2D eigenvalue weighted by atomic mass is 16.5. The largest absolute Gasteiger partial charge is 0.497 e. The number of anilines is 1. The molecule has 1 aliphatic rings. The van der Waals surface area contributed by atoms with Gasteiger partial charge in [-0.2, -0.15) is 0 Å². The predicted octanol–water partition coefficient (Wildman–Crippen LogP) is 2.42. The highest BCUT2D eigenvalue weighted by molar-refractivity contribution is 5.53. The van der Waals surface area contributed by atoms with Crippen LogP contribution in [0.25, 0.3) is 0 Å². The molecule has 1 fully saturated rings. The fourth-order valence-corrected chi connectivity index (χ4v) is 3.86. The van der Waals surface area contributed by atoms with Crippen molar-refractivity contribution in [1.82, 2.24) is 4.90 Å². The molecule has 3 rings (SSSR count). The van der Waals surface area contributed by atoms with E-state index < -0.39 is 6.10 Å². The van der Waals surface area contributed by atoms with Crippen molar-refractivity contribution in [3.05, 3.63) is 42.0 Å².